The first kappa shape index (κ1) is 15.7. The quantitative estimate of drug-likeness (QED) is 0.572. The molecule has 4 aromatic rings. The van der Waals surface area contributed by atoms with Crippen molar-refractivity contribution in [1.82, 2.24) is 8.94 Å². The molecule has 0 fully saturated rings. The normalized spacial score (nSPS) is 12.5. The second-order valence-electron chi connectivity index (χ2n) is 5.82. The van der Waals surface area contributed by atoms with Crippen molar-refractivity contribution in [3.8, 4) is 0 Å². The third-order valence-electron chi connectivity index (χ3n) is 4.36. The summed E-state index contributed by atoms with van der Waals surface area (Å²) < 4.78 is 7.36. The van der Waals surface area contributed by atoms with Gasteiger partial charge in [-0.25, -0.2) is 8.75 Å². The molecule has 2 heterocycles. The summed E-state index contributed by atoms with van der Waals surface area (Å²) in [4.78, 5) is 28.4. The van der Waals surface area contributed by atoms with Gasteiger partial charge in [-0.1, -0.05) is 41.9 Å². The Morgan fingerprint density at radius 1 is 1.16 bits per heavy atom. The number of benzene rings is 2. The zero-order valence-electron chi connectivity index (χ0n) is 13.6. The third-order valence-corrected chi connectivity index (χ3v) is 5.53. The van der Waals surface area contributed by atoms with Crippen molar-refractivity contribution in [3.63, 3.8) is 0 Å². The average molecular weight is 352 g/mol. The van der Waals surface area contributed by atoms with Crippen LogP contribution in [0.15, 0.2) is 59.5 Å². The zero-order chi connectivity index (χ0) is 17.4. The predicted molar refractivity (Wildman–Crippen MR) is 99.1 cm³/mol. The first-order chi connectivity index (χ1) is 12.2. The van der Waals surface area contributed by atoms with Gasteiger partial charge in [-0.05, 0) is 23.8 Å². The number of rotatable bonds is 4. The maximum absolute atomic E-state index is 12.7. The number of ether oxygens (including phenoxy) is 1. The van der Waals surface area contributed by atoms with Crippen molar-refractivity contribution in [3.05, 3.63) is 70.6 Å². The van der Waals surface area contributed by atoms with Crippen molar-refractivity contribution in [2.75, 3.05) is 7.11 Å². The van der Waals surface area contributed by atoms with E-state index in [0.29, 0.717) is 11.8 Å². The Labute approximate surface area is 147 Å². The molecule has 2 aromatic heterocycles. The molecule has 0 saturated carbocycles. The first-order valence-electron chi connectivity index (χ1n) is 7.92. The molecule has 4 rings (SSSR count). The number of carbonyl (C=O) groups excluding carboxylic acids is 1. The van der Waals surface area contributed by atoms with E-state index in [1.165, 1.54) is 22.6 Å². The highest BCUT2D eigenvalue weighted by atomic mass is 32.1. The number of esters is 1. The van der Waals surface area contributed by atoms with Gasteiger partial charge in [0.1, 0.15) is 6.04 Å². The van der Waals surface area contributed by atoms with Crippen molar-refractivity contribution in [2.45, 2.75) is 12.5 Å². The van der Waals surface area contributed by atoms with Crippen molar-refractivity contribution in [1.29, 1.82) is 0 Å². The Bertz CT molecular complexity index is 1120. The van der Waals surface area contributed by atoms with E-state index in [2.05, 4.69) is 4.98 Å². The SMILES string of the molecule is COC(=O)[C@H](Cc1c[nH]c2ccccc12)n1sc2ccccc2c1=O. The van der Waals surface area contributed by atoms with E-state index in [1.807, 2.05) is 48.7 Å². The van der Waals surface area contributed by atoms with Gasteiger partial charge >= 0.3 is 5.97 Å². The van der Waals surface area contributed by atoms with Crippen LogP contribution in [0.2, 0.25) is 0 Å². The number of fused-ring (bicyclic) bond motifs is 2. The van der Waals surface area contributed by atoms with Gasteiger partial charge in [-0.2, -0.15) is 0 Å². The Morgan fingerprint density at radius 2 is 1.88 bits per heavy atom. The Hall–Kier alpha value is -2.86. The second-order valence-corrected chi connectivity index (χ2v) is 6.84. The average Bonchev–Trinajstić information content (AvgIpc) is 3.21. The number of carbonyl (C=O) groups is 1. The maximum Gasteiger partial charge on any atom is 0.330 e. The van der Waals surface area contributed by atoms with Crippen molar-refractivity contribution < 1.29 is 9.53 Å². The number of hydrogen-bond acceptors (Lipinski definition) is 4. The van der Waals surface area contributed by atoms with Crippen LogP contribution in [0, 0.1) is 0 Å². The van der Waals surface area contributed by atoms with E-state index in [-0.39, 0.29) is 5.56 Å². The third kappa shape index (κ3) is 2.64. The Morgan fingerprint density at radius 3 is 2.64 bits per heavy atom. The van der Waals surface area contributed by atoms with Crippen molar-refractivity contribution in [2.24, 2.45) is 0 Å². The molecule has 0 amide bonds. The number of H-pyrrole nitrogens is 1. The number of nitrogens with zero attached hydrogens (tertiary/aromatic N) is 1. The van der Waals surface area contributed by atoms with Crippen LogP contribution in [-0.4, -0.2) is 22.0 Å². The Balaban J connectivity index is 1.82. The van der Waals surface area contributed by atoms with Crippen LogP contribution in [0.4, 0.5) is 0 Å². The number of hydrogen-bond donors (Lipinski definition) is 1. The fraction of sp³-hybridized carbons (Fsp3) is 0.158. The number of para-hydroxylation sites is 1. The zero-order valence-corrected chi connectivity index (χ0v) is 14.4. The lowest BCUT2D eigenvalue weighted by Gasteiger charge is -2.14. The van der Waals surface area contributed by atoms with E-state index >= 15 is 0 Å². The maximum atomic E-state index is 12.7. The fourth-order valence-electron chi connectivity index (χ4n) is 3.10. The number of nitrogens with one attached hydrogen (secondary N) is 1. The van der Waals surface area contributed by atoms with Crippen LogP contribution in [-0.2, 0) is 16.0 Å². The molecule has 126 valence electrons. The highest BCUT2D eigenvalue weighted by molar-refractivity contribution is 7.14. The lowest BCUT2D eigenvalue weighted by Crippen LogP contribution is -2.28. The molecular weight excluding hydrogens is 336 g/mol. The largest absolute Gasteiger partial charge is 0.467 e. The summed E-state index contributed by atoms with van der Waals surface area (Å²) in [5, 5.41) is 1.67. The van der Waals surface area contributed by atoms with E-state index in [0.717, 1.165) is 21.2 Å². The molecule has 1 N–H and O–H groups in total. The minimum atomic E-state index is -0.686. The molecule has 1 atom stereocenters. The summed E-state index contributed by atoms with van der Waals surface area (Å²) in [5.74, 6) is -0.418. The van der Waals surface area contributed by atoms with E-state index in [4.69, 9.17) is 4.74 Å². The smallest absolute Gasteiger partial charge is 0.330 e. The molecule has 0 saturated heterocycles. The lowest BCUT2D eigenvalue weighted by molar-refractivity contribution is -0.144. The van der Waals surface area contributed by atoms with Gasteiger partial charge in [0.15, 0.2) is 0 Å². The molecule has 25 heavy (non-hydrogen) atoms. The first-order valence-corrected chi connectivity index (χ1v) is 8.70. The molecule has 2 aromatic carbocycles. The highest BCUT2D eigenvalue weighted by Gasteiger charge is 2.26. The fourth-order valence-corrected chi connectivity index (χ4v) is 4.18. The molecule has 0 aliphatic carbocycles. The van der Waals surface area contributed by atoms with E-state index in [9.17, 15) is 9.59 Å². The van der Waals surface area contributed by atoms with Gasteiger partial charge in [0.2, 0.25) is 0 Å². The molecule has 0 radical (unpaired) electrons. The Kier molecular flexibility index (Phi) is 3.89. The van der Waals surface area contributed by atoms with E-state index < -0.39 is 12.0 Å². The summed E-state index contributed by atoms with van der Waals surface area (Å²) in [5.41, 5.74) is 1.83. The van der Waals surface area contributed by atoms with Gasteiger partial charge in [0.25, 0.3) is 5.56 Å². The van der Waals surface area contributed by atoms with E-state index in [1.54, 1.807) is 6.07 Å². The number of aromatic nitrogens is 2. The summed E-state index contributed by atoms with van der Waals surface area (Å²) in [6, 6.07) is 14.6. The minimum absolute atomic E-state index is 0.157. The molecule has 5 nitrogen and oxygen atoms in total. The topological polar surface area (TPSA) is 64.1 Å². The van der Waals surface area contributed by atoms with Crippen LogP contribution < -0.4 is 5.56 Å². The van der Waals surface area contributed by atoms with Crippen LogP contribution in [0.3, 0.4) is 0 Å². The summed E-state index contributed by atoms with van der Waals surface area (Å²) in [7, 11) is 1.35. The number of aromatic amines is 1. The van der Waals surface area contributed by atoms with Crippen LogP contribution in [0.1, 0.15) is 11.6 Å². The van der Waals surface area contributed by atoms with Gasteiger partial charge in [-0.15, -0.1) is 0 Å². The van der Waals surface area contributed by atoms with Gasteiger partial charge < -0.3 is 9.72 Å². The molecular formula is C19H16N2O3S. The van der Waals surface area contributed by atoms with Crippen LogP contribution in [0.5, 0.6) is 0 Å². The lowest BCUT2D eigenvalue weighted by atomic mass is 10.1. The van der Waals surface area contributed by atoms with Crippen molar-refractivity contribution >= 4 is 38.5 Å². The molecule has 6 heteroatoms. The van der Waals surface area contributed by atoms with Crippen LogP contribution >= 0.6 is 11.5 Å². The highest BCUT2D eigenvalue weighted by Crippen LogP contribution is 2.26. The van der Waals surface area contributed by atoms with Crippen LogP contribution in [0.25, 0.3) is 21.0 Å². The molecule has 0 unspecified atom stereocenters. The minimum Gasteiger partial charge on any atom is -0.467 e. The second kappa shape index (κ2) is 6.22. The predicted octanol–water partition coefficient (Wildman–Crippen LogP) is 3.50. The summed E-state index contributed by atoms with van der Waals surface area (Å²) in [6.45, 7) is 0. The summed E-state index contributed by atoms with van der Waals surface area (Å²) >= 11 is 1.30. The number of methoxy groups -OCH3 is 1. The van der Waals surface area contributed by atoms with Gasteiger partial charge in [0.05, 0.1) is 17.2 Å². The molecule has 0 spiro atoms. The molecule has 0 aliphatic heterocycles. The van der Waals surface area contributed by atoms with Gasteiger partial charge in [0, 0.05) is 23.5 Å². The summed E-state index contributed by atoms with van der Waals surface area (Å²) in [6.07, 6.45) is 2.28. The molecule has 0 aliphatic rings. The van der Waals surface area contributed by atoms with Gasteiger partial charge in [-0.3, -0.25) is 4.79 Å². The molecule has 0 bridgehead atoms. The monoisotopic (exact) mass is 352 g/mol. The standard InChI is InChI=1S/C19H16N2O3S/c1-24-19(23)16(10-12-11-20-15-8-4-2-6-13(12)15)21-18(22)14-7-3-5-9-17(14)25-21/h2-9,11,16,20H,10H2,1H3/t16-/m0/s1.